The highest BCUT2D eigenvalue weighted by Gasteiger charge is 2.12. The van der Waals surface area contributed by atoms with E-state index in [0.717, 1.165) is 13.0 Å². The van der Waals surface area contributed by atoms with Crippen molar-refractivity contribution < 1.29 is 14.6 Å². The molecular formula is C16H38N2O3Si. The summed E-state index contributed by atoms with van der Waals surface area (Å²) in [5.74, 6) is 0. The molecule has 0 aromatic heterocycles. The highest BCUT2D eigenvalue weighted by Crippen LogP contribution is 2.10. The van der Waals surface area contributed by atoms with E-state index in [4.69, 9.17) is 9.47 Å². The van der Waals surface area contributed by atoms with E-state index < -0.39 is 14.2 Å². The summed E-state index contributed by atoms with van der Waals surface area (Å²) in [6.07, 6.45) is 0.648. The van der Waals surface area contributed by atoms with Gasteiger partial charge in [-0.1, -0.05) is 25.7 Å². The summed E-state index contributed by atoms with van der Waals surface area (Å²) in [6, 6.07) is 1.87. The van der Waals surface area contributed by atoms with Gasteiger partial charge in [0.1, 0.15) is 0 Å². The molecule has 3 N–H and O–H groups in total. The zero-order valence-electron chi connectivity index (χ0n) is 15.4. The first-order valence-electron chi connectivity index (χ1n) is 8.49. The van der Waals surface area contributed by atoms with Crippen LogP contribution in [0.1, 0.15) is 20.3 Å². The number of hydrogen-bond acceptors (Lipinski definition) is 5. The van der Waals surface area contributed by atoms with Crippen LogP contribution in [0.5, 0.6) is 0 Å². The lowest BCUT2D eigenvalue weighted by Gasteiger charge is -2.19. The van der Waals surface area contributed by atoms with E-state index in [0.29, 0.717) is 32.4 Å². The molecule has 5 nitrogen and oxygen atoms in total. The summed E-state index contributed by atoms with van der Waals surface area (Å²) in [5.41, 5.74) is 0. The number of rotatable bonds is 14. The van der Waals surface area contributed by atoms with Crippen LogP contribution in [0.2, 0.25) is 25.7 Å². The van der Waals surface area contributed by atoms with Crippen molar-refractivity contribution in [3.63, 3.8) is 0 Å². The Morgan fingerprint density at radius 1 is 1.00 bits per heavy atom. The Hall–Kier alpha value is 0.0169. The fraction of sp³-hybridized carbons (Fsp3) is 1.00. The molecule has 0 aliphatic rings. The number of nitrogens with one attached hydrogen (secondary N) is 2. The van der Waals surface area contributed by atoms with Gasteiger partial charge in [0.25, 0.3) is 0 Å². The normalized spacial score (nSPS) is 16.5. The molecule has 0 aromatic carbocycles. The zero-order chi connectivity index (χ0) is 17.0. The third-order valence-corrected chi connectivity index (χ3v) is 5.31. The molecule has 3 unspecified atom stereocenters. The van der Waals surface area contributed by atoms with Gasteiger partial charge in [-0.2, -0.15) is 0 Å². The third-order valence-electron chi connectivity index (χ3n) is 3.46. The van der Waals surface area contributed by atoms with E-state index in [2.05, 4.69) is 44.1 Å². The average Bonchev–Trinajstić information content (AvgIpc) is 2.43. The van der Waals surface area contributed by atoms with Gasteiger partial charge in [-0.25, -0.2) is 0 Å². The SMILES string of the molecule is CNC(C)COCC(C)NCC(O)COCCC[Si](C)(C)C. The maximum absolute atomic E-state index is 9.88. The largest absolute Gasteiger partial charge is 0.389 e. The predicted octanol–water partition coefficient (Wildman–Crippen LogP) is 1.69. The molecule has 0 spiro atoms. The smallest absolute Gasteiger partial charge is 0.0897 e. The van der Waals surface area contributed by atoms with Crippen LogP contribution in [0.3, 0.4) is 0 Å². The second-order valence-corrected chi connectivity index (χ2v) is 13.1. The highest BCUT2D eigenvalue weighted by atomic mass is 28.3. The van der Waals surface area contributed by atoms with Crippen LogP contribution in [0, 0.1) is 0 Å². The molecule has 0 saturated carbocycles. The van der Waals surface area contributed by atoms with Crippen molar-refractivity contribution in [2.24, 2.45) is 0 Å². The van der Waals surface area contributed by atoms with Crippen molar-refractivity contribution >= 4 is 8.07 Å². The molecule has 134 valence electrons. The monoisotopic (exact) mass is 334 g/mol. The topological polar surface area (TPSA) is 62.8 Å². The number of hydrogen-bond donors (Lipinski definition) is 3. The average molecular weight is 335 g/mol. The van der Waals surface area contributed by atoms with Crippen LogP contribution in [0.15, 0.2) is 0 Å². The molecule has 0 heterocycles. The van der Waals surface area contributed by atoms with Crippen molar-refractivity contribution in [1.29, 1.82) is 0 Å². The molecule has 0 amide bonds. The second-order valence-electron chi connectivity index (χ2n) is 7.43. The van der Waals surface area contributed by atoms with Crippen LogP contribution < -0.4 is 10.6 Å². The Morgan fingerprint density at radius 3 is 2.23 bits per heavy atom. The number of ether oxygens (including phenoxy) is 2. The molecular weight excluding hydrogens is 296 g/mol. The fourth-order valence-electron chi connectivity index (χ4n) is 1.88. The van der Waals surface area contributed by atoms with Crippen LogP contribution in [-0.2, 0) is 9.47 Å². The van der Waals surface area contributed by atoms with Gasteiger partial charge in [0.2, 0.25) is 0 Å². The van der Waals surface area contributed by atoms with E-state index in [9.17, 15) is 5.11 Å². The lowest BCUT2D eigenvalue weighted by molar-refractivity contribution is 0.0328. The fourth-order valence-corrected chi connectivity index (χ4v) is 3.09. The minimum atomic E-state index is -0.962. The summed E-state index contributed by atoms with van der Waals surface area (Å²) in [5, 5.41) is 16.3. The van der Waals surface area contributed by atoms with Gasteiger partial charge in [-0.05, 0) is 27.3 Å². The minimum absolute atomic E-state index is 0.227. The van der Waals surface area contributed by atoms with Crippen molar-refractivity contribution in [2.75, 3.05) is 40.0 Å². The lowest BCUT2D eigenvalue weighted by atomic mass is 10.3. The maximum atomic E-state index is 9.88. The van der Waals surface area contributed by atoms with Gasteiger partial charge < -0.3 is 25.2 Å². The van der Waals surface area contributed by atoms with Gasteiger partial charge in [-0.15, -0.1) is 0 Å². The molecule has 0 aromatic rings. The Bertz CT molecular complexity index is 262. The van der Waals surface area contributed by atoms with Crippen LogP contribution in [-0.4, -0.2) is 71.4 Å². The van der Waals surface area contributed by atoms with E-state index in [1.54, 1.807) is 0 Å². The summed E-state index contributed by atoms with van der Waals surface area (Å²) in [4.78, 5) is 0. The van der Waals surface area contributed by atoms with Crippen molar-refractivity contribution in [3.05, 3.63) is 0 Å². The third kappa shape index (κ3) is 14.9. The Balaban J connectivity index is 3.49. The molecule has 0 fully saturated rings. The van der Waals surface area contributed by atoms with E-state index in [1.165, 1.54) is 6.04 Å². The standard InChI is InChI=1S/C16H38N2O3Si/c1-14(17-3)11-21-12-15(2)18-10-16(19)13-20-8-7-9-22(4,5)6/h14-19H,7-13H2,1-6H3. The van der Waals surface area contributed by atoms with Gasteiger partial charge in [0.15, 0.2) is 0 Å². The summed E-state index contributed by atoms with van der Waals surface area (Å²) >= 11 is 0. The summed E-state index contributed by atoms with van der Waals surface area (Å²) < 4.78 is 11.1. The first kappa shape index (κ1) is 22.0. The van der Waals surface area contributed by atoms with Gasteiger partial charge in [0.05, 0.1) is 25.9 Å². The number of likely N-dealkylation sites (N-methyl/N-ethyl adjacent to an activating group) is 1. The first-order chi connectivity index (χ1) is 10.2. The van der Waals surface area contributed by atoms with Gasteiger partial charge in [0, 0.05) is 33.3 Å². The molecule has 6 heteroatoms. The Labute approximate surface area is 138 Å². The molecule has 0 aliphatic carbocycles. The van der Waals surface area contributed by atoms with Gasteiger partial charge in [-0.3, -0.25) is 0 Å². The lowest BCUT2D eigenvalue weighted by Crippen LogP contribution is -2.39. The molecule has 0 saturated heterocycles. The number of aliphatic hydroxyl groups is 1. The Kier molecular flexibility index (Phi) is 12.5. The summed E-state index contributed by atoms with van der Waals surface area (Å²) in [6.45, 7) is 14.3. The van der Waals surface area contributed by atoms with Crippen molar-refractivity contribution in [1.82, 2.24) is 10.6 Å². The van der Waals surface area contributed by atoms with E-state index in [-0.39, 0.29) is 6.04 Å². The van der Waals surface area contributed by atoms with Gasteiger partial charge >= 0.3 is 0 Å². The molecule has 0 radical (unpaired) electrons. The molecule has 3 atom stereocenters. The molecule has 0 bridgehead atoms. The van der Waals surface area contributed by atoms with E-state index in [1.807, 2.05) is 7.05 Å². The van der Waals surface area contributed by atoms with Crippen LogP contribution >= 0.6 is 0 Å². The highest BCUT2D eigenvalue weighted by molar-refractivity contribution is 6.76. The quantitative estimate of drug-likeness (QED) is 0.333. The maximum Gasteiger partial charge on any atom is 0.0897 e. The Morgan fingerprint density at radius 2 is 1.64 bits per heavy atom. The summed E-state index contributed by atoms with van der Waals surface area (Å²) in [7, 11) is 0.965. The zero-order valence-corrected chi connectivity index (χ0v) is 16.4. The molecule has 22 heavy (non-hydrogen) atoms. The van der Waals surface area contributed by atoms with Crippen molar-refractivity contribution in [2.45, 2.75) is 64.1 Å². The molecule has 0 aliphatic heterocycles. The number of aliphatic hydroxyl groups excluding tert-OH is 1. The van der Waals surface area contributed by atoms with E-state index >= 15 is 0 Å². The van der Waals surface area contributed by atoms with Crippen LogP contribution in [0.25, 0.3) is 0 Å². The predicted molar refractivity (Wildman–Crippen MR) is 96.4 cm³/mol. The second kappa shape index (κ2) is 12.4. The minimum Gasteiger partial charge on any atom is -0.389 e. The molecule has 0 rings (SSSR count). The van der Waals surface area contributed by atoms with Crippen LogP contribution in [0.4, 0.5) is 0 Å². The first-order valence-corrected chi connectivity index (χ1v) is 12.2. The van der Waals surface area contributed by atoms with Crippen molar-refractivity contribution in [3.8, 4) is 0 Å².